The van der Waals surface area contributed by atoms with Crippen LogP contribution >= 0.6 is 12.6 Å². The zero-order chi connectivity index (χ0) is 58.2. The molecule has 0 saturated heterocycles. The molecule has 0 radical (unpaired) electrons. The number of nitrogens with one attached hydrogen (secondary N) is 9. The van der Waals surface area contributed by atoms with Crippen LogP contribution in [0, 0.1) is 11.8 Å². The minimum absolute atomic E-state index is 0.0151. The molecule has 22 nitrogen and oxygen atoms in total. The summed E-state index contributed by atoms with van der Waals surface area (Å²) in [7, 11) is 0. The fourth-order valence-electron chi connectivity index (χ4n) is 8.62. The normalized spacial score (nSPS) is 15.1. The number of aliphatic carboxylic acids is 1. The Balaban J connectivity index is 1.46. The number of rotatable bonds is 33. The first-order chi connectivity index (χ1) is 37.6. The van der Waals surface area contributed by atoms with E-state index in [-0.39, 0.29) is 43.8 Å². The number of aliphatic hydroxyl groups is 1. The standard InChI is InChI=1S/C56H79N11O11S/c1-6-33(4)47(67-49(70)39(58)28-37-29-59-40-22-14-13-21-38(37)40)54(75)63-43(26-35-17-9-7-10-18-35)50(71)60-30-46(69)66-48(34(5)68)55(76)64-44(27-36-19-11-8-12-20-36)52(73)62-42(25-32(2)3)51(72)65-45(31-79)53(74)61-41(56(77)78)23-15-16-24-57/h7-14,17-22,29,32-34,39,41-45,47-48,59,68,79H,6,15-16,23-28,30-31,57-58H2,1-5H3,(H,60,71)(H,61,74)(H,62,73)(H,63,75)(H,64,76)(H,65,72)(H,66,69)(H,67,70)(H,77,78)/t33-,34+,39-,41-,42-,43-,44-,45-,47-,48-/m0/s1. The molecule has 15 N–H and O–H groups in total. The lowest BCUT2D eigenvalue weighted by Gasteiger charge is -2.28. The zero-order valence-corrected chi connectivity index (χ0v) is 46.4. The third-order valence-electron chi connectivity index (χ3n) is 13.3. The Labute approximate surface area is 466 Å². The lowest BCUT2D eigenvalue weighted by molar-refractivity contribution is -0.142. The average Bonchev–Trinajstić information content (AvgIpc) is 3.91. The third-order valence-corrected chi connectivity index (χ3v) is 13.7. The van der Waals surface area contributed by atoms with E-state index in [2.05, 4.69) is 60.1 Å². The summed E-state index contributed by atoms with van der Waals surface area (Å²) < 4.78 is 0. The molecule has 1 heterocycles. The topological polar surface area (TPSA) is 358 Å². The number of nitrogens with two attached hydrogens (primary N) is 2. The van der Waals surface area contributed by atoms with Crippen molar-refractivity contribution in [3.05, 3.63) is 108 Å². The Morgan fingerprint density at radius 2 is 1.11 bits per heavy atom. The minimum Gasteiger partial charge on any atom is -0.480 e. The number of fused-ring (bicyclic) bond motifs is 1. The molecule has 0 saturated carbocycles. The first-order valence-corrected chi connectivity index (χ1v) is 27.3. The number of aromatic amines is 1. The van der Waals surface area contributed by atoms with Crippen molar-refractivity contribution in [1.29, 1.82) is 0 Å². The van der Waals surface area contributed by atoms with Gasteiger partial charge in [-0.1, -0.05) is 113 Å². The van der Waals surface area contributed by atoms with Gasteiger partial charge in [-0.25, -0.2) is 4.79 Å². The highest BCUT2D eigenvalue weighted by Gasteiger charge is 2.35. The Morgan fingerprint density at radius 1 is 0.595 bits per heavy atom. The van der Waals surface area contributed by atoms with Crippen molar-refractivity contribution in [2.75, 3.05) is 18.8 Å². The van der Waals surface area contributed by atoms with Crippen molar-refractivity contribution in [3.63, 3.8) is 0 Å². The number of unbranched alkanes of at least 4 members (excludes halogenated alkanes) is 1. The van der Waals surface area contributed by atoms with Crippen LogP contribution in [0.5, 0.6) is 0 Å². The second kappa shape index (κ2) is 32.5. The maximum Gasteiger partial charge on any atom is 0.326 e. The molecule has 4 rings (SSSR count). The Bertz CT molecular complexity index is 2660. The molecule has 4 aromatic rings. The molecule has 0 unspecified atom stereocenters. The van der Waals surface area contributed by atoms with Gasteiger partial charge in [0.2, 0.25) is 47.3 Å². The summed E-state index contributed by atoms with van der Waals surface area (Å²) >= 11 is 4.21. The second-order valence-corrected chi connectivity index (χ2v) is 20.5. The van der Waals surface area contributed by atoms with Gasteiger partial charge in [0, 0.05) is 35.7 Å². The third kappa shape index (κ3) is 20.8. The van der Waals surface area contributed by atoms with Crippen molar-refractivity contribution >= 4 is 76.8 Å². The van der Waals surface area contributed by atoms with Crippen LogP contribution in [0.15, 0.2) is 91.1 Å². The van der Waals surface area contributed by atoms with Gasteiger partial charge in [0.05, 0.1) is 18.7 Å². The fraction of sp³-hybridized carbons (Fsp3) is 0.482. The smallest absolute Gasteiger partial charge is 0.326 e. The molecule has 0 aliphatic rings. The summed E-state index contributed by atoms with van der Waals surface area (Å²) in [5, 5.41) is 42.2. The van der Waals surface area contributed by atoms with E-state index in [9.17, 15) is 53.4 Å². The minimum atomic E-state index is -1.67. The number of H-pyrrole nitrogens is 1. The molecule has 0 bridgehead atoms. The quantitative estimate of drug-likeness (QED) is 0.0231. The van der Waals surface area contributed by atoms with Gasteiger partial charge >= 0.3 is 5.97 Å². The summed E-state index contributed by atoms with van der Waals surface area (Å²) in [6.45, 7) is 8.07. The number of amides is 8. The predicted molar refractivity (Wildman–Crippen MR) is 302 cm³/mol. The van der Waals surface area contributed by atoms with Crippen molar-refractivity contribution in [2.24, 2.45) is 23.3 Å². The molecule has 0 aliphatic carbocycles. The first kappa shape index (κ1) is 64.2. The number of benzene rings is 3. The average molecular weight is 1110 g/mol. The van der Waals surface area contributed by atoms with Crippen LogP contribution in [-0.2, 0) is 62.4 Å². The number of hydrogen-bond acceptors (Lipinski definition) is 13. The van der Waals surface area contributed by atoms with E-state index in [1.54, 1.807) is 87.6 Å². The molecule has 0 spiro atoms. The van der Waals surface area contributed by atoms with Gasteiger partial charge in [0.1, 0.15) is 42.3 Å². The Kier molecular flexibility index (Phi) is 26.4. The number of para-hydroxylation sites is 1. The maximum atomic E-state index is 14.2. The van der Waals surface area contributed by atoms with Gasteiger partial charge in [-0.3, -0.25) is 38.4 Å². The van der Waals surface area contributed by atoms with Crippen LogP contribution in [0.2, 0.25) is 0 Å². The fourth-order valence-corrected chi connectivity index (χ4v) is 8.88. The van der Waals surface area contributed by atoms with E-state index >= 15 is 0 Å². The highest BCUT2D eigenvalue weighted by molar-refractivity contribution is 7.80. The van der Waals surface area contributed by atoms with Gasteiger partial charge < -0.3 is 69.2 Å². The Hall–Kier alpha value is -7.34. The highest BCUT2D eigenvalue weighted by Crippen LogP contribution is 2.20. The van der Waals surface area contributed by atoms with Crippen molar-refractivity contribution < 1.29 is 53.4 Å². The SMILES string of the molecule is CC[C@H](C)[C@H](NC(=O)[C@@H](N)Cc1c[nH]c2ccccc12)C(=O)N[C@@H](Cc1ccccc1)C(=O)NCC(=O)N[C@H](C(=O)N[C@@H](Cc1ccccc1)C(=O)N[C@@H](CC(C)C)C(=O)N[C@@H](CS)C(=O)N[C@@H](CCCCN)C(=O)O)[C@@H](C)O. The maximum absolute atomic E-state index is 14.2. The lowest BCUT2D eigenvalue weighted by Crippen LogP contribution is -2.61. The highest BCUT2D eigenvalue weighted by atomic mass is 32.1. The molecule has 1 aromatic heterocycles. The number of aromatic nitrogens is 1. The van der Waals surface area contributed by atoms with Crippen molar-refractivity contribution in [1.82, 2.24) is 47.5 Å². The number of carboxylic acids is 1. The summed E-state index contributed by atoms with van der Waals surface area (Å²) in [5.74, 6) is -8.38. The molecular formula is C56H79N11O11S. The van der Waals surface area contributed by atoms with Gasteiger partial charge in [-0.2, -0.15) is 12.6 Å². The van der Waals surface area contributed by atoms with Gasteiger partial charge in [0.15, 0.2) is 0 Å². The number of carbonyl (C=O) groups excluding carboxylic acids is 8. The number of aliphatic hydroxyl groups excluding tert-OH is 1. The molecule has 79 heavy (non-hydrogen) atoms. The predicted octanol–water partition coefficient (Wildman–Crippen LogP) is 0.649. The van der Waals surface area contributed by atoms with E-state index in [1.165, 1.54) is 6.92 Å². The van der Waals surface area contributed by atoms with Crippen molar-refractivity contribution in [2.45, 2.75) is 140 Å². The van der Waals surface area contributed by atoms with Gasteiger partial charge in [-0.05, 0) is 80.2 Å². The summed E-state index contributed by atoms with van der Waals surface area (Å²) in [5.41, 5.74) is 14.9. The number of hydrogen-bond donors (Lipinski definition) is 14. The molecule has 10 atom stereocenters. The van der Waals surface area contributed by atoms with Gasteiger partial charge in [-0.15, -0.1) is 0 Å². The van der Waals surface area contributed by atoms with Gasteiger partial charge in [0.25, 0.3) is 0 Å². The monoisotopic (exact) mass is 1110 g/mol. The van der Waals surface area contributed by atoms with Crippen LogP contribution in [0.4, 0.5) is 0 Å². The van der Waals surface area contributed by atoms with Crippen LogP contribution in [0.1, 0.15) is 83.4 Å². The summed E-state index contributed by atoms with van der Waals surface area (Å²) in [6.07, 6.45) is 1.94. The number of carboxylic acid groups (broad SMARTS) is 1. The zero-order valence-electron chi connectivity index (χ0n) is 45.5. The van der Waals surface area contributed by atoms with Crippen LogP contribution < -0.4 is 54.0 Å². The second-order valence-electron chi connectivity index (χ2n) is 20.2. The van der Waals surface area contributed by atoms with E-state index in [0.717, 1.165) is 16.5 Å². The molecule has 3 aromatic carbocycles. The van der Waals surface area contributed by atoms with Crippen LogP contribution in [-0.4, -0.2) is 142 Å². The molecular weight excluding hydrogens is 1030 g/mol. The summed E-state index contributed by atoms with van der Waals surface area (Å²) in [4.78, 5) is 126. The number of thiol groups is 1. The number of carbonyl (C=O) groups is 9. The van der Waals surface area contributed by atoms with Crippen LogP contribution in [0.3, 0.4) is 0 Å². The largest absolute Gasteiger partial charge is 0.480 e. The van der Waals surface area contributed by atoms with E-state index in [1.807, 2.05) is 31.2 Å². The molecule has 8 amide bonds. The van der Waals surface area contributed by atoms with E-state index in [0.29, 0.717) is 36.9 Å². The first-order valence-electron chi connectivity index (χ1n) is 26.6. The lowest BCUT2D eigenvalue weighted by atomic mass is 9.96. The molecule has 0 aliphatic heterocycles. The molecule has 430 valence electrons. The van der Waals surface area contributed by atoms with Crippen molar-refractivity contribution in [3.8, 4) is 0 Å². The van der Waals surface area contributed by atoms with E-state index in [4.69, 9.17) is 11.5 Å². The van der Waals surface area contributed by atoms with E-state index < -0.39 is 120 Å². The molecule has 23 heteroatoms. The van der Waals surface area contributed by atoms with Crippen LogP contribution in [0.25, 0.3) is 10.9 Å². The molecule has 0 fully saturated rings. The summed E-state index contributed by atoms with van der Waals surface area (Å²) in [6, 6.07) is 14.7. The Morgan fingerprint density at radius 3 is 1.67 bits per heavy atom.